The number of carbonyl (C=O) groups excluding carboxylic acids is 1. The number of thioether (sulfide) groups is 1. The Bertz CT molecular complexity index is 597. The number of carbonyl (C=O) groups is 1. The van der Waals surface area contributed by atoms with Crippen LogP contribution in [0, 0.1) is 0 Å². The lowest BCUT2D eigenvalue weighted by molar-refractivity contribution is -0.149. The molecule has 1 aromatic carbocycles. The number of hydrogen-bond acceptors (Lipinski definition) is 5. The summed E-state index contributed by atoms with van der Waals surface area (Å²) in [5.41, 5.74) is 1.06. The Hall–Kier alpha value is -1.05. The Labute approximate surface area is 143 Å². The van der Waals surface area contributed by atoms with E-state index in [-0.39, 0.29) is 11.0 Å². The number of nitrogens with one attached hydrogen (secondary N) is 1. The number of sulfonamides is 1. The van der Waals surface area contributed by atoms with Gasteiger partial charge in [0.2, 0.25) is 10.0 Å². The number of aryl methyl sites for hydroxylation is 1. The fraction of sp³-hybridized carbons (Fsp3) is 0.562. The van der Waals surface area contributed by atoms with Crippen molar-refractivity contribution in [2.24, 2.45) is 0 Å². The van der Waals surface area contributed by atoms with E-state index in [1.807, 2.05) is 13.2 Å². The molecule has 0 amide bonds. The minimum atomic E-state index is -3.76. The fourth-order valence-corrected chi connectivity index (χ4v) is 3.63. The Kier molecular flexibility index (Phi) is 8.08. The minimum absolute atomic E-state index is 0.154. The first-order chi connectivity index (χ1) is 10.8. The third kappa shape index (κ3) is 6.53. The van der Waals surface area contributed by atoms with Gasteiger partial charge in [-0.3, -0.25) is 4.79 Å². The van der Waals surface area contributed by atoms with Gasteiger partial charge >= 0.3 is 5.97 Å². The molecule has 0 saturated carbocycles. The first kappa shape index (κ1) is 20.0. The molecule has 1 atom stereocenters. The van der Waals surface area contributed by atoms with Gasteiger partial charge in [0.15, 0.2) is 0 Å². The second-order valence-electron chi connectivity index (χ2n) is 5.44. The highest BCUT2D eigenvalue weighted by Crippen LogP contribution is 2.14. The zero-order valence-corrected chi connectivity index (χ0v) is 15.7. The van der Waals surface area contributed by atoms with Crippen LogP contribution in [0.5, 0.6) is 0 Å². The van der Waals surface area contributed by atoms with Crippen LogP contribution in [0.1, 0.15) is 32.8 Å². The standard InChI is InChI=1S/C16H25NO4S2/c1-5-13-6-8-14(9-7-13)23(19,20)17-15(10-11-22-4)16(18)21-12(2)3/h6-9,12,15,17H,5,10-11H2,1-4H3. The molecule has 0 aromatic heterocycles. The largest absolute Gasteiger partial charge is 0.462 e. The Balaban J connectivity index is 2.92. The molecular formula is C16H25NO4S2. The third-order valence-electron chi connectivity index (χ3n) is 3.19. The van der Waals surface area contributed by atoms with E-state index in [0.717, 1.165) is 12.0 Å². The van der Waals surface area contributed by atoms with E-state index in [1.54, 1.807) is 49.9 Å². The van der Waals surface area contributed by atoms with Crippen LogP contribution >= 0.6 is 11.8 Å². The van der Waals surface area contributed by atoms with Crippen LogP contribution in [0.2, 0.25) is 0 Å². The van der Waals surface area contributed by atoms with Crippen molar-refractivity contribution in [2.75, 3.05) is 12.0 Å². The van der Waals surface area contributed by atoms with E-state index >= 15 is 0 Å². The van der Waals surface area contributed by atoms with Crippen LogP contribution in [-0.4, -0.2) is 38.5 Å². The van der Waals surface area contributed by atoms with Gasteiger partial charge in [-0.15, -0.1) is 0 Å². The molecule has 0 heterocycles. The van der Waals surface area contributed by atoms with Crippen LogP contribution < -0.4 is 4.72 Å². The molecule has 1 unspecified atom stereocenters. The summed E-state index contributed by atoms with van der Waals surface area (Å²) in [7, 11) is -3.76. The molecule has 0 radical (unpaired) electrons. The molecule has 23 heavy (non-hydrogen) atoms. The SMILES string of the molecule is CCc1ccc(S(=O)(=O)NC(CCSC)C(=O)OC(C)C)cc1. The lowest BCUT2D eigenvalue weighted by Gasteiger charge is -2.19. The maximum Gasteiger partial charge on any atom is 0.324 e. The molecule has 7 heteroatoms. The average Bonchev–Trinajstić information content (AvgIpc) is 2.50. The van der Waals surface area contributed by atoms with E-state index in [4.69, 9.17) is 4.74 Å². The quantitative estimate of drug-likeness (QED) is 0.686. The molecule has 0 saturated heterocycles. The zero-order valence-electron chi connectivity index (χ0n) is 14.0. The van der Waals surface area contributed by atoms with Crippen LogP contribution in [0.15, 0.2) is 29.2 Å². The highest BCUT2D eigenvalue weighted by atomic mass is 32.2. The van der Waals surface area contributed by atoms with Crippen molar-refractivity contribution in [1.82, 2.24) is 4.72 Å². The van der Waals surface area contributed by atoms with Gasteiger partial charge in [-0.2, -0.15) is 16.5 Å². The van der Waals surface area contributed by atoms with Crippen molar-refractivity contribution in [3.05, 3.63) is 29.8 Å². The predicted octanol–water partition coefficient (Wildman–Crippen LogP) is 2.60. The van der Waals surface area contributed by atoms with Crippen molar-refractivity contribution >= 4 is 27.8 Å². The smallest absolute Gasteiger partial charge is 0.324 e. The Morgan fingerprint density at radius 3 is 2.35 bits per heavy atom. The second kappa shape index (κ2) is 9.30. The van der Waals surface area contributed by atoms with Crippen LogP contribution in [-0.2, 0) is 26.0 Å². The van der Waals surface area contributed by atoms with Gasteiger partial charge in [0.05, 0.1) is 11.0 Å². The molecule has 0 aliphatic rings. The zero-order chi connectivity index (χ0) is 17.5. The summed E-state index contributed by atoms with van der Waals surface area (Å²) in [6.45, 7) is 5.48. The summed E-state index contributed by atoms with van der Waals surface area (Å²) in [5.74, 6) is 0.123. The van der Waals surface area contributed by atoms with E-state index < -0.39 is 22.0 Å². The number of ether oxygens (including phenoxy) is 1. The van der Waals surface area contributed by atoms with Gasteiger partial charge in [-0.25, -0.2) is 8.42 Å². The van der Waals surface area contributed by atoms with Crippen molar-refractivity contribution in [3.8, 4) is 0 Å². The third-order valence-corrected chi connectivity index (χ3v) is 5.32. The number of benzene rings is 1. The molecule has 0 aliphatic heterocycles. The highest BCUT2D eigenvalue weighted by Gasteiger charge is 2.27. The normalized spacial score (nSPS) is 13.1. The maximum absolute atomic E-state index is 12.5. The molecular weight excluding hydrogens is 334 g/mol. The summed E-state index contributed by atoms with van der Waals surface area (Å²) in [6.07, 6.45) is 2.85. The number of esters is 1. The fourth-order valence-electron chi connectivity index (χ4n) is 1.93. The van der Waals surface area contributed by atoms with E-state index in [1.165, 1.54) is 0 Å². The number of rotatable bonds is 9. The first-order valence-electron chi connectivity index (χ1n) is 7.60. The highest BCUT2D eigenvalue weighted by molar-refractivity contribution is 7.98. The van der Waals surface area contributed by atoms with Gasteiger partial charge in [0.1, 0.15) is 6.04 Å². The molecule has 1 aromatic rings. The number of hydrogen-bond donors (Lipinski definition) is 1. The summed E-state index contributed by atoms with van der Waals surface area (Å²) < 4.78 is 32.6. The van der Waals surface area contributed by atoms with E-state index in [2.05, 4.69) is 4.72 Å². The predicted molar refractivity (Wildman–Crippen MR) is 94.2 cm³/mol. The molecule has 0 spiro atoms. The molecule has 5 nitrogen and oxygen atoms in total. The maximum atomic E-state index is 12.5. The summed E-state index contributed by atoms with van der Waals surface area (Å²) >= 11 is 1.55. The van der Waals surface area contributed by atoms with Crippen molar-refractivity contribution in [2.45, 2.75) is 50.7 Å². The van der Waals surface area contributed by atoms with Crippen molar-refractivity contribution < 1.29 is 17.9 Å². The van der Waals surface area contributed by atoms with Gasteiger partial charge in [0.25, 0.3) is 0 Å². The average molecular weight is 360 g/mol. The lowest BCUT2D eigenvalue weighted by atomic mass is 10.2. The summed E-state index contributed by atoms with van der Waals surface area (Å²) in [6, 6.07) is 5.79. The molecule has 0 fully saturated rings. The molecule has 0 bridgehead atoms. The molecule has 1 rings (SSSR count). The summed E-state index contributed by atoms with van der Waals surface area (Å²) in [5, 5.41) is 0. The Morgan fingerprint density at radius 1 is 1.26 bits per heavy atom. The summed E-state index contributed by atoms with van der Waals surface area (Å²) in [4.78, 5) is 12.3. The van der Waals surface area contributed by atoms with Gasteiger partial charge in [-0.05, 0) is 56.4 Å². The molecule has 1 N–H and O–H groups in total. The van der Waals surface area contributed by atoms with Crippen LogP contribution in [0.4, 0.5) is 0 Å². The van der Waals surface area contributed by atoms with E-state index in [0.29, 0.717) is 12.2 Å². The lowest BCUT2D eigenvalue weighted by Crippen LogP contribution is -2.42. The second-order valence-corrected chi connectivity index (χ2v) is 8.14. The first-order valence-corrected chi connectivity index (χ1v) is 10.5. The molecule has 130 valence electrons. The van der Waals surface area contributed by atoms with E-state index in [9.17, 15) is 13.2 Å². The molecule has 0 aliphatic carbocycles. The minimum Gasteiger partial charge on any atom is -0.462 e. The van der Waals surface area contributed by atoms with Gasteiger partial charge in [-0.1, -0.05) is 19.1 Å². The van der Waals surface area contributed by atoms with Crippen LogP contribution in [0.25, 0.3) is 0 Å². The van der Waals surface area contributed by atoms with Crippen molar-refractivity contribution in [1.29, 1.82) is 0 Å². The van der Waals surface area contributed by atoms with Gasteiger partial charge in [0, 0.05) is 0 Å². The van der Waals surface area contributed by atoms with Crippen LogP contribution in [0.3, 0.4) is 0 Å². The topological polar surface area (TPSA) is 72.5 Å². The van der Waals surface area contributed by atoms with Gasteiger partial charge < -0.3 is 4.74 Å². The monoisotopic (exact) mass is 359 g/mol. The Morgan fingerprint density at radius 2 is 1.87 bits per heavy atom. The van der Waals surface area contributed by atoms with Crippen molar-refractivity contribution in [3.63, 3.8) is 0 Å².